The third kappa shape index (κ3) is 2.34. The van der Waals surface area contributed by atoms with Gasteiger partial charge in [0.15, 0.2) is 0 Å². The van der Waals surface area contributed by atoms with E-state index in [-0.39, 0.29) is 6.61 Å². The summed E-state index contributed by atoms with van der Waals surface area (Å²) >= 11 is 8.09. The molecule has 12 heavy (non-hydrogen) atoms. The van der Waals surface area contributed by atoms with Gasteiger partial charge in [0.25, 0.3) is 0 Å². The summed E-state index contributed by atoms with van der Waals surface area (Å²) in [5.74, 6) is 0.938. The second-order valence-corrected chi connectivity index (χ2v) is 4.14. The van der Waals surface area contributed by atoms with Crippen LogP contribution in [0.3, 0.4) is 0 Å². The average molecular weight is 296 g/mol. The van der Waals surface area contributed by atoms with Gasteiger partial charge in [0.2, 0.25) is 0 Å². The van der Waals surface area contributed by atoms with Gasteiger partial charge in [0, 0.05) is 9.49 Å². The zero-order valence-corrected chi connectivity index (χ0v) is 9.56. The molecule has 0 aromatic heterocycles. The number of aliphatic hydroxyl groups excluding tert-OH is 1. The van der Waals surface area contributed by atoms with E-state index < -0.39 is 0 Å². The summed E-state index contributed by atoms with van der Waals surface area (Å²) < 4.78 is 1.03. The first-order valence-electron chi connectivity index (χ1n) is 3.54. The van der Waals surface area contributed by atoms with Crippen LogP contribution in [-0.4, -0.2) is 11.7 Å². The Bertz CT molecular complexity index is 275. The highest BCUT2D eigenvalue weighted by Crippen LogP contribution is 2.23. The summed E-state index contributed by atoms with van der Waals surface area (Å²) in [6.45, 7) is 1.97. The maximum absolute atomic E-state index is 8.87. The molecular weight excluding hydrogens is 286 g/mol. The van der Waals surface area contributed by atoms with Crippen molar-refractivity contribution in [2.24, 2.45) is 0 Å². The van der Waals surface area contributed by atoms with E-state index in [0.29, 0.717) is 0 Å². The van der Waals surface area contributed by atoms with Crippen LogP contribution in [0.15, 0.2) is 18.2 Å². The molecule has 0 spiro atoms. The fraction of sp³-hybridized carbons (Fsp3) is 0.222. The highest BCUT2D eigenvalue weighted by atomic mass is 127. The van der Waals surface area contributed by atoms with Crippen LogP contribution in [-0.2, 0) is 0 Å². The van der Waals surface area contributed by atoms with Gasteiger partial charge < -0.3 is 5.11 Å². The van der Waals surface area contributed by atoms with Gasteiger partial charge in [-0.3, -0.25) is 0 Å². The molecule has 0 aliphatic rings. The Hall–Kier alpha value is 0.200. The lowest BCUT2D eigenvalue weighted by molar-refractivity contribution is 0.315. The number of rotatable bonds is 2. The molecule has 1 radical (unpaired) electrons. The van der Waals surface area contributed by atoms with Crippen molar-refractivity contribution in [2.45, 2.75) is 6.92 Å². The Morgan fingerprint density at radius 2 is 2.25 bits per heavy atom. The summed E-state index contributed by atoms with van der Waals surface area (Å²) in [5.41, 5.74) is 1.00. The van der Waals surface area contributed by atoms with E-state index in [1.165, 1.54) is 0 Å². The molecule has 1 aromatic rings. The summed E-state index contributed by atoms with van der Waals surface area (Å²) in [4.78, 5) is 0. The SMILES string of the molecule is C[C](CO)c1ccc(I)c(Cl)c1. The smallest absolute Gasteiger partial charge is 0.0542 e. The Morgan fingerprint density at radius 3 is 2.75 bits per heavy atom. The second kappa shape index (κ2) is 4.44. The lowest BCUT2D eigenvalue weighted by Gasteiger charge is -2.07. The molecule has 0 bridgehead atoms. The largest absolute Gasteiger partial charge is 0.395 e. The molecule has 0 fully saturated rings. The monoisotopic (exact) mass is 295 g/mol. The van der Waals surface area contributed by atoms with Gasteiger partial charge >= 0.3 is 0 Å². The molecule has 0 atom stereocenters. The molecule has 0 saturated heterocycles. The fourth-order valence-corrected chi connectivity index (χ4v) is 1.37. The molecule has 1 rings (SSSR count). The second-order valence-electron chi connectivity index (χ2n) is 2.57. The summed E-state index contributed by atoms with van der Waals surface area (Å²) in [6, 6.07) is 5.77. The van der Waals surface area contributed by atoms with Crippen molar-refractivity contribution >= 4 is 34.2 Å². The lowest BCUT2D eigenvalue weighted by atomic mass is 10.0. The minimum absolute atomic E-state index is 0.0803. The molecule has 0 unspecified atom stereocenters. The van der Waals surface area contributed by atoms with Crippen LogP contribution >= 0.6 is 34.2 Å². The first-order chi connectivity index (χ1) is 5.65. The normalized spacial score (nSPS) is 10.8. The average Bonchev–Trinajstić information content (AvgIpc) is 2.08. The Balaban J connectivity index is 2.96. The van der Waals surface area contributed by atoms with E-state index in [2.05, 4.69) is 22.6 Å². The van der Waals surface area contributed by atoms with Gasteiger partial charge in [-0.2, -0.15) is 0 Å². The van der Waals surface area contributed by atoms with Crippen LogP contribution in [0.2, 0.25) is 5.02 Å². The lowest BCUT2D eigenvalue weighted by Crippen LogP contribution is -1.99. The fourth-order valence-electron chi connectivity index (χ4n) is 0.853. The van der Waals surface area contributed by atoms with Gasteiger partial charge in [0.05, 0.1) is 11.6 Å². The van der Waals surface area contributed by atoms with Gasteiger partial charge in [-0.25, -0.2) is 0 Å². The molecule has 1 N–H and O–H groups in total. The minimum atomic E-state index is 0.0803. The number of halogens is 2. The standard InChI is InChI=1S/C9H9ClIO/c1-6(5-12)7-2-3-9(11)8(10)4-7/h2-4,12H,5H2,1H3. The molecule has 65 valence electrons. The maximum Gasteiger partial charge on any atom is 0.0542 e. The topological polar surface area (TPSA) is 20.2 Å². The van der Waals surface area contributed by atoms with Crippen molar-refractivity contribution in [3.8, 4) is 0 Å². The van der Waals surface area contributed by atoms with Crippen molar-refractivity contribution in [1.29, 1.82) is 0 Å². The van der Waals surface area contributed by atoms with Crippen molar-refractivity contribution in [1.82, 2.24) is 0 Å². The van der Waals surface area contributed by atoms with E-state index >= 15 is 0 Å². The molecule has 1 aromatic carbocycles. The molecule has 0 saturated carbocycles. The summed E-state index contributed by atoms with van der Waals surface area (Å²) in [5, 5.41) is 9.60. The van der Waals surface area contributed by atoms with Gasteiger partial charge in [-0.15, -0.1) is 0 Å². The van der Waals surface area contributed by atoms with Gasteiger partial charge in [-0.05, 0) is 40.3 Å². The van der Waals surface area contributed by atoms with Crippen LogP contribution in [0.1, 0.15) is 12.5 Å². The predicted molar refractivity (Wildman–Crippen MR) is 59.3 cm³/mol. The first kappa shape index (κ1) is 10.3. The number of benzene rings is 1. The van der Waals surface area contributed by atoms with Crippen molar-refractivity contribution in [2.75, 3.05) is 6.61 Å². The predicted octanol–water partition coefficient (Wildman–Crippen LogP) is 2.88. The Morgan fingerprint density at radius 1 is 1.58 bits per heavy atom. The summed E-state index contributed by atoms with van der Waals surface area (Å²) in [7, 11) is 0. The molecule has 1 nitrogen and oxygen atoms in total. The van der Waals surface area contributed by atoms with Crippen molar-refractivity contribution in [3.63, 3.8) is 0 Å². The molecule has 0 aliphatic carbocycles. The van der Waals surface area contributed by atoms with E-state index in [4.69, 9.17) is 16.7 Å². The summed E-state index contributed by atoms with van der Waals surface area (Å²) in [6.07, 6.45) is 0. The van der Waals surface area contributed by atoms with Crippen molar-refractivity contribution in [3.05, 3.63) is 38.3 Å². The van der Waals surface area contributed by atoms with E-state index in [1.54, 1.807) is 0 Å². The number of hydrogen-bond donors (Lipinski definition) is 1. The van der Waals surface area contributed by atoms with Crippen LogP contribution in [0.25, 0.3) is 0 Å². The van der Waals surface area contributed by atoms with Crippen LogP contribution in [0, 0.1) is 9.49 Å². The zero-order valence-electron chi connectivity index (χ0n) is 6.64. The van der Waals surface area contributed by atoms with Crippen molar-refractivity contribution < 1.29 is 5.11 Å². The van der Waals surface area contributed by atoms with E-state index in [1.807, 2.05) is 25.1 Å². The Labute approximate surface area is 90.9 Å². The highest BCUT2D eigenvalue weighted by molar-refractivity contribution is 14.1. The van der Waals surface area contributed by atoms with Crippen LogP contribution in [0.4, 0.5) is 0 Å². The van der Waals surface area contributed by atoms with Crippen LogP contribution < -0.4 is 0 Å². The van der Waals surface area contributed by atoms with E-state index in [9.17, 15) is 0 Å². The molecule has 0 heterocycles. The molecule has 0 aliphatic heterocycles. The molecular formula is C9H9ClIO. The first-order valence-corrected chi connectivity index (χ1v) is 4.99. The molecule has 0 amide bonds. The van der Waals surface area contributed by atoms with Gasteiger partial charge in [-0.1, -0.05) is 24.6 Å². The van der Waals surface area contributed by atoms with Crippen LogP contribution in [0.5, 0.6) is 0 Å². The number of hydrogen-bond acceptors (Lipinski definition) is 1. The quantitative estimate of drug-likeness (QED) is 0.832. The van der Waals surface area contributed by atoms with E-state index in [0.717, 1.165) is 20.1 Å². The zero-order chi connectivity index (χ0) is 9.14. The highest BCUT2D eigenvalue weighted by Gasteiger charge is 2.06. The van der Waals surface area contributed by atoms with Gasteiger partial charge in [0.1, 0.15) is 0 Å². The Kier molecular flexibility index (Phi) is 3.80. The number of aliphatic hydroxyl groups is 1. The third-order valence-electron chi connectivity index (χ3n) is 1.65. The molecule has 3 heteroatoms. The minimum Gasteiger partial charge on any atom is -0.395 e. The third-order valence-corrected chi connectivity index (χ3v) is 3.22. The maximum atomic E-state index is 8.87.